The molecule has 0 aromatic rings. The zero-order chi connectivity index (χ0) is 14.2. The van der Waals surface area contributed by atoms with Crippen molar-refractivity contribution in [2.75, 3.05) is 0 Å². The van der Waals surface area contributed by atoms with E-state index in [1.54, 1.807) is 11.0 Å². The largest absolute Gasteiger partial charge is 0.478 e. The fourth-order valence-corrected chi connectivity index (χ4v) is 2.91. The molecule has 3 atom stereocenters. The molecule has 0 aromatic carbocycles. The molecule has 0 spiro atoms. The Morgan fingerprint density at radius 2 is 2.11 bits per heavy atom. The average molecular weight is 267 g/mol. The second-order valence-corrected chi connectivity index (χ2v) is 5.22. The predicted octanol–water partition coefficient (Wildman–Crippen LogP) is 1.57. The van der Waals surface area contributed by atoms with E-state index in [1.165, 1.54) is 6.92 Å². The third kappa shape index (κ3) is 2.66. The standard InChI is InChI=1S/C14H21NO4/c1-4-10(5-2)19-12-7-9(14(17)18)6-11-13(12)15(11)8(3)16/h7,10-13H,4-6H2,1-3H3,(H,17,18)/t11-,12-,13-,15?/m1/s1. The van der Waals surface area contributed by atoms with E-state index in [9.17, 15) is 9.59 Å². The lowest BCUT2D eigenvalue weighted by atomic mass is 9.97. The highest BCUT2D eigenvalue weighted by atomic mass is 16.5. The van der Waals surface area contributed by atoms with Gasteiger partial charge in [-0.25, -0.2) is 4.79 Å². The first-order valence-corrected chi connectivity index (χ1v) is 6.87. The van der Waals surface area contributed by atoms with Gasteiger partial charge in [-0.05, 0) is 18.9 Å². The Morgan fingerprint density at radius 3 is 2.58 bits per heavy atom. The molecule has 0 saturated carbocycles. The van der Waals surface area contributed by atoms with Gasteiger partial charge >= 0.3 is 5.97 Å². The third-order valence-electron chi connectivity index (χ3n) is 4.01. The van der Waals surface area contributed by atoms with Crippen molar-refractivity contribution in [1.29, 1.82) is 0 Å². The van der Waals surface area contributed by atoms with Gasteiger partial charge in [0, 0.05) is 18.9 Å². The Balaban J connectivity index is 2.14. The summed E-state index contributed by atoms with van der Waals surface area (Å²) in [4.78, 5) is 24.4. The molecular formula is C14H21NO4. The quantitative estimate of drug-likeness (QED) is 0.768. The fraction of sp³-hybridized carbons (Fsp3) is 0.714. The summed E-state index contributed by atoms with van der Waals surface area (Å²) < 4.78 is 5.97. The maximum atomic E-state index is 11.5. The highest BCUT2D eigenvalue weighted by Gasteiger charge is 2.56. The van der Waals surface area contributed by atoms with Gasteiger partial charge < -0.3 is 14.7 Å². The number of aliphatic carboxylic acids is 1. The number of hydrogen-bond acceptors (Lipinski definition) is 3. The van der Waals surface area contributed by atoms with Gasteiger partial charge in [0.1, 0.15) is 0 Å². The molecule has 5 heteroatoms. The van der Waals surface area contributed by atoms with Crippen LogP contribution in [0.1, 0.15) is 40.0 Å². The van der Waals surface area contributed by atoms with Crippen molar-refractivity contribution in [3.05, 3.63) is 11.6 Å². The molecule has 1 aliphatic carbocycles. The molecule has 1 saturated heterocycles. The second kappa shape index (κ2) is 5.33. The molecule has 5 nitrogen and oxygen atoms in total. The summed E-state index contributed by atoms with van der Waals surface area (Å²) in [6.45, 7) is 5.62. The van der Waals surface area contributed by atoms with Crippen molar-refractivity contribution in [3.63, 3.8) is 0 Å². The maximum absolute atomic E-state index is 11.5. The van der Waals surface area contributed by atoms with E-state index in [0.717, 1.165) is 12.8 Å². The number of hydrogen-bond donors (Lipinski definition) is 1. The van der Waals surface area contributed by atoms with Gasteiger partial charge in [0.05, 0.1) is 24.3 Å². The van der Waals surface area contributed by atoms with E-state index in [2.05, 4.69) is 0 Å². The van der Waals surface area contributed by atoms with Crippen molar-refractivity contribution >= 4 is 11.9 Å². The molecule has 0 radical (unpaired) electrons. The zero-order valence-electron chi connectivity index (χ0n) is 11.6. The number of amides is 1. The smallest absolute Gasteiger partial charge is 0.331 e. The summed E-state index contributed by atoms with van der Waals surface area (Å²) in [7, 11) is 0. The Morgan fingerprint density at radius 1 is 1.47 bits per heavy atom. The summed E-state index contributed by atoms with van der Waals surface area (Å²) in [5.41, 5.74) is 0.362. The minimum absolute atomic E-state index is 0.00631. The number of fused-ring (bicyclic) bond motifs is 1. The predicted molar refractivity (Wildman–Crippen MR) is 69.7 cm³/mol. The van der Waals surface area contributed by atoms with E-state index in [4.69, 9.17) is 9.84 Å². The first-order chi connectivity index (χ1) is 8.99. The van der Waals surface area contributed by atoms with Gasteiger partial charge in [0.2, 0.25) is 5.91 Å². The maximum Gasteiger partial charge on any atom is 0.331 e. The Bertz CT molecular complexity index is 414. The minimum atomic E-state index is -0.910. The zero-order valence-corrected chi connectivity index (χ0v) is 11.6. The topological polar surface area (TPSA) is 66.6 Å². The molecule has 0 unspecified atom stereocenters. The number of carboxylic acids is 1. The van der Waals surface area contributed by atoms with E-state index in [-0.39, 0.29) is 30.2 Å². The van der Waals surface area contributed by atoms with Gasteiger partial charge in [-0.15, -0.1) is 0 Å². The van der Waals surface area contributed by atoms with Crippen molar-refractivity contribution in [1.82, 2.24) is 4.90 Å². The Labute approximate surface area is 113 Å². The fourth-order valence-electron chi connectivity index (χ4n) is 2.91. The summed E-state index contributed by atoms with van der Waals surface area (Å²) in [6.07, 6.45) is 3.73. The van der Waals surface area contributed by atoms with Crippen LogP contribution in [0.2, 0.25) is 0 Å². The van der Waals surface area contributed by atoms with Crippen LogP contribution in [-0.4, -0.2) is 46.2 Å². The van der Waals surface area contributed by atoms with Crippen LogP contribution in [0.4, 0.5) is 0 Å². The van der Waals surface area contributed by atoms with Crippen molar-refractivity contribution in [3.8, 4) is 0 Å². The van der Waals surface area contributed by atoms with E-state index >= 15 is 0 Å². The molecule has 0 aromatic heterocycles. The Kier molecular flexibility index (Phi) is 3.94. The number of carbonyl (C=O) groups excluding carboxylic acids is 1. The van der Waals surface area contributed by atoms with Gasteiger partial charge in [-0.2, -0.15) is 0 Å². The Hall–Kier alpha value is -1.36. The third-order valence-corrected chi connectivity index (χ3v) is 4.01. The van der Waals surface area contributed by atoms with E-state index < -0.39 is 5.97 Å². The summed E-state index contributed by atoms with van der Waals surface area (Å²) in [5.74, 6) is -0.916. The average Bonchev–Trinajstić information content (AvgIpc) is 3.09. The van der Waals surface area contributed by atoms with Crippen molar-refractivity contribution in [2.24, 2.45) is 0 Å². The molecule has 1 N–H and O–H groups in total. The molecule has 1 aliphatic heterocycles. The van der Waals surface area contributed by atoms with Crippen LogP contribution in [0.5, 0.6) is 0 Å². The molecule has 1 fully saturated rings. The van der Waals surface area contributed by atoms with Crippen LogP contribution < -0.4 is 0 Å². The number of rotatable bonds is 5. The molecule has 19 heavy (non-hydrogen) atoms. The summed E-state index contributed by atoms with van der Waals surface area (Å²) in [5, 5.41) is 9.14. The highest BCUT2D eigenvalue weighted by molar-refractivity contribution is 5.88. The van der Waals surface area contributed by atoms with Crippen LogP contribution in [0.3, 0.4) is 0 Å². The van der Waals surface area contributed by atoms with Gasteiger partial charge in [-0.1, -0.05) is 13.8 Å². The molecule has 1 amide bonds. The molecular weight excluding hydrogens is 246 g/mol. The lowest BCUT2D eigenvalue weighted by Gasteiger charge is -2.23. The first kappa shape index (κ1) is 14.1. The van der Waals surface area contributed by atoms with Gasteiger partial charge in [-0.3, -0.25) is 4.79 Å². The highest BCUT2D eigenvalue weighted by Crippen LogP contribution is 2.42. The van der Waals surface area contributed by atoms with Crippen molar-refractivity contribution < 1.29 is 19.4 Å². The number of carbonyl (C=O) groups is 2. The number of nitrogens with zero attached hydrogens (tertiary/aromatic N) is 1. The van der Waals surface area contributed by atoms with Crippen LogP contribution >= 0.6 is 0 Å². The lowest BCUT2D eigenvalue weighted by molar-refractivity contribution is -0.133. The minimum Gasteiger partial charge on any atom is -0.478 e. The summed E-state index contributed by atoms with van der Waals surface area (Å²) >= 11 is 0. The molecule has 106 valence electrons. The molecule has 2 rings (SSSR count). The lowest BCUT2D eigenvalue weighted by Crippen LogP contribution is -2.30. The van der Waals surface area contributed by atoms with Gasteiger partial charge in [0.25, 0.3) is 0 Å². The van der Waals surface area contributed by atoms with Crippen molar-refractivity contribution in [2.45, 2.75) is 64.3 Å². The monoisotopic (exact) mass is 267 g/mol. The van der Waals surface area contributed by atoms with Crippen LogP contribution in [0, 0.1) is 0 Å². The number of ether oxygens (including phenoxy) is 1. The number of carboxylic acid groups (broad SMARTS) is 1. The SMILES string of the molecule is CCC(CC)O[C@@H]1C=C(C(=O)O)C[C@@H]2[C@H]1N2C(C)=O. The second-order valence-electron chi connectivity index (χ2n) is 5.22. The van der Waals surface area contributed by atoms with Crippen LogP contribution in [0.25, 0.3) is 0 Å². The van der Waals surface area contributed by atoms with E-state index in [0.29, 0.717) is 12.0 Å². The molecule has 0 bridgehead atoms. The first-order valence-electron chi connectivity index (χ1n) is 6.87. The summed E-state index contributed by atoms with van der Waals surface area (Å²) in [6, 6.07) is 0.0363. The molecule has 1 heterocycles. The van der Waals surface area contributed by atoms with Crippen LogP contribution in [0.15, 0.2) is 11.6 Å². The van der Waals surface area contributed by atoms with Crippen LogP contribution in [-0.2, 0) is 14.3 Å². The van der Waals surface area contributed by atoms with Gasteiger partial charge in [0.15, 0.2) is 0 Å². The van der Waals surface area contributed by atoms with E-state index in [1.807, 2.05) is 13.8 Å². The molecule has 2 aliphatic rings. The normalized spacial score (nSPS) is 28.9.